The number of hydrogen-bond acceptors (Lipinski definition) is 3. The SMILES string of the molecule is CCn1c(C(=O)[O-])cnc1Br.[Li+]. The minimum atomic E-state index is -1.20. The van der Waals surface area contributed by atoms with Crippen LogP contribution >= 0.6 is 15.9 Å². The van der Waals surface area contributed by atoms with Gasteiger partial charge in [-0.1, -0.05) is 0 Å². The molecule has 60 valence electrons. The van der Waals surface area contributed by atoms with E-state index in [-0.39, 0.29) is 24.6 Å². The predicted molar refractivity (Wildman–Crippen MR) is 39.9 cm³/mol. The monoisotopic (exact) mass is 224 g/mol. The molecule has 1 heterocycles. The smallest absolute Gasteiger partial charge is 0.543 e. The number of carboxylic acid groups (broad SMARTS) is 1. The summed E-state index contributed by atoms with van der Waals surface area (Å²) in [7, 11) is 0. The predicted octanol–water partition coefficient (Wildman–Crippen LogP) is -2.97. The van der Waals surface area contributed by atoms with Crippen molar-refractivity contribution in [1.29, 1.82) is 0 Å². The Morgan fingerprint density at radius 1 is 1.83 bits per heavy atom. The molecule has 0 aromatic carbocycles. The molecule has 0 amide bonds. The Bertz CT molecular complexity index is 287. The van der Waals surface area contributed by atoms with Crippen molar-refractivity contribution < 1.29 is 28.8 Å². The van der Waals surface area contributed by atoms with Crippen LogP contribution < -0.4 is 24.0 Å². The van der Waals surface area contributed by atoms with E-state index < -0.39 is 5.97 Å². The van der Waals surface area contributed by atoms with Gasteiger partial charge in [-0.05, 0) is 22.9 Å². The first kappa shape index (κ1) is 11.8. The summed E-state index contributed by atoms with van der Waals surface area (Å²) >= 11 is 3.11. The van der Waals surface area contributed by atoms with Crippen molar-refractivity contribution in [2.45, 2.75) is 13.5 Å². The number of hydrogen-bond donors (Lipinski definition) is 0. The Morgan fingerprint density at radius 2 is 2.42 bits per heavy atom. The molecule has 0 saturated heterocycles. The molecule has 0 spiro atoms. The first-order valence-electron chi connectivity index (χ1n) is 3.09. The number of aromatic nitrogens is 2. The average Bonchev–Trinajstić information content (AvgIpc) is 2.30. The van der Waals surface area contributed by atoms with Gasteiger partial charge in [-0.2, -0.15) is 0 Å². The standard InChI is InChI=1S/C6H7BrN2O2.Li/c1-2-9-4(5(10)11)3-8-6(9)7;/h3H,2H2,1H3,(H,10,11);/q;+1/p-1. The van der Waals surface area contributed by atoms with E-state index in [0.717, 1.165) is 0 Å². The molecule has 0 atom stereocenters. The Labute approximate surface area is 90.3 Å². The van der Waals surface area contributed by atoms with Crippen LogP contribution in [0, 0.1) is 0 Å². The quantitative estimate of drug-likeness (QED) is 0.505. The van der Waals surface area contributed by atoms with Crippen molar-refractivity contribution in [2.24, 2.45) is 0 Å². The molecule has 1 aromatic rings. The van der Waals surface area contributed by atoms with Crippen LogP contribution in [0.4, 0.5) is 0 Å². The van der Waals surface area contributed by atoms with Gasteiger partial charge in [-0.25, -0.2) is 4.98 Å². The van der Waals surface area contributed by atoms with Crippen LogP contribution in [-0.2, 0) is 6.54 Å². The van der Waals surface area contributed by atoms with E-state index in [2.05, 4.69) is 20.9 Å². The molecule has 0 aliphatic heterocycles. The van der Waals surface area contributed by atoms with Crippen molar-refractivity contribution in [3.8, 4) is 0 Å². The third kappa shape index (κ3) is 2.13. The van der Waals surface area contributed by atoms with E-state index in [1.165, 1.54) is 10.8 Å². The van der Waals surface area contributed by atoms with Gasteiger partial charge in [-0.3, -0.25) is 0 Å². The van der Waals surface area contributed by atoms with Gasteiger partial charge >= 0.3 is 18.9 Å². The normalized spacial score (nSPS) is 9.17. The maximum absolute atomic E-state index is 10.4. The minimum Gasteiger partial charge on any atom is -0.543 e. The maximum Gasteiger partial charge on any atom is 1.00 e. The summed E-state index contributed by atoms with van der Waals surface area (Å²) in [4.78, 5) is 14.2. The molecule has 1 aromatic heterocycles. The first-order chi connectivity index (χ1) is 5.16. The van der Waals surface area contributed by atoms with E-state index >= 15 is 0 Å². The number of nitrogens with zero attached hydrogens (tertiary/aromatic N) is 2. The summed E-state index contributed by atoms with van der Waals surface area (Å²) in [6.45, 7) is 2.39. The minimum absolute atomic E-state index is 0. The van der Waals surface area contributed by atoms with E-state index in [1.54, 1.807) is 0 Å². The molecular formula is C6H6BrLiN2O2. The fourth-order valence-electron chi connectivity index (χ4n) is 0.817. The largest absolute Gasteiger partial charge is 1.00 e. The summed E-state index contributed by atoms with van der Waals surface area (Å²) < 4.78 is 2.02. The molecule has 12 heavy (non-hydrogen) atoms. The van der Waals surface area contributed by atoms with Crippen molar-refractivity contribution in [3.63, 3.8) is 0 Å². The van der Waals surface area contributed by atoms with Crippen molar-refractivity contribution in [1.82, 2.24) is 9.55 Å². The van der Waals surface area contributed by atoms with Crippen LogP contribution in [0.25, 0.3) is 0 Å². The zero-order chi connectivity index (χ0) is 8.43. The van der Waals surface area contributed by atoms with Crippen LogP contribution in [0.15, 0.2) is 10.9 Å². The molecular weight excluding hydrogens is 219 g/mol. The van der Waals surface area contributed by atoms with Gasteiger partial charge < -0.3 is 14.5 Å². The maximum atomic E-state index is 10.4. The molecule has 0 fully saturated rings. The summed E-state index contributed by atoms with van der Waals surface area (Å²) in [5.41, 5.74) is 0.0966. The van der Waals surface area contributed by atoms with Crippen LogP contribution in [0.3, 0.4) is 0 Å². The van der Waals surface area contributed by atoms with Gasteiger partial charge in [0.15, 0.2) is 4.73 Å². The molecule has 0 bridgehead atoms. The molecule has 0 aliphatic rings. The first-order valence-corrected chi connectivity index (χ1v) is 3.88. The molecule has 0 radical (unpaired) electrons. The van der Waals surface area contributed by atoms with Crippen molar-refractivity contribution in [3.05, 3.63) is 16.6 Å². The van der Waals surface area contributed by atoms with E-state index in [9.17, 15) is 9.90 Å². The second kappa shape index (κ2) is 4.70. The zero-order valence-corrected chi connectivity index (χ0v) is 8.46. The van der Waals surface area contributed by atoms with Crippen molar-refractivity contribution in [2.75, 3.05) is 0 Å². The topological polar surface area (TPSA) is 58.0 Å². The van der Waals surface area contributed by atoms with E-state index in [4.69, 9.17) is 0 Å². The van der Waals surface area contributed by atoms with Crippen LogP contribution in [0.5, 0.6) is 0 Å². The molecule has 0 aliphatic carbocycles. The van der Waals surface area contributed by atoms with Gasteiger partial charge in [-0.15, -0.1) is 0 Å². The zero-order valence-electron chi connectivity index (χ0n) is 6.87. The van der Waals surface area contributed by atoms with Crippen LogP contribution in [0.1, 0.15) is 17.4 Å². The third-order valence-electron chi connectivity index (χ3n) is 1.33. The van der Waals surface area contributed by atoms with Gasteiger partial charge in [0.05, 0.1) is 17.9 Å². The number of halogens is 1. The number of imidazole rings is 1. The molecule has 4 nitrogen and oxygen atoms in total. The van der Waals surface area contributed by atoms with E-state index in [0.29, 0.717) is 11.3 Å². The molecule has 1 rings (SSSR count). The molecule has 0 unspecified atom stereocenters. The second-order valence-corrected chi connectivity index (χ2v) is 2.65. The number of carbonyl (C=O) groups excluding carboxylic acids is 1. The Kier molecular flexibility index (Phi) is 4.61. The Balaban J connectivity index is 0.00000121. The number of carboxylic acids is 1. The molecule has 0 N–H and O–H groups in total. The van der Waals surface area contributed by atoms with Crippen LogP contribution in [0.2, 0.25) is 0 Å². The number of aromatic carboxylic acids is 1. The fourth-order valence-corrected chi connectivity index (χ4v) is 1.36. The fraction of sp³-hybridized carbons (Fsp3) is 0.333. The van der Waals surface area contributed by atoms with Crippen molar-refractivity contribution >= 4 is 21.9 Å². The number of rotatable bonds is 2. The molecule has 6 heteroatoms. The third-order valence-corrected chi connectivity index (χ3v) is 1.97. The average molecular weight is 225 g/mol. The second-order valence-electron chi connectivity index (χ2n) is 1.94. The summed E-state index contributed by atoms with van der Waals surface area (Å²) in [5, 5.41) is 10.4. The summed E-state index contributed by atoms with van der Waals surface area (Å²) in [6, 6.07) is 0. The van der Waals surface area contributed by atoms with Gasteiger partial charge in [0, 0.05) is 6.54 Å². The Hall–Kier alpha value is -0.243. The number of carbonyl (C=O) groups is 1. The van der Waals surface area contributed by atoms with Gasteiger partial charge in [0.1, 0.15) is 0 Å². The molecule has 0 saturated carbocycles. The van der Waals surface area contributed by atoms with E-state index in [1.807, 2.05) is 6.92 Å². The summed E-state index contributed by atoms with van der Waals surface area (Å²) in [5.74, 6) is -1.20. The van der Waals surface area contributed by atoms with Crippen LogP contribution in [-0.4, -0.2) is 15.5 Å². The Morgan fingerprint density at radius 3 is 2.75 bits per heavy atom. The van der Waals surface area contributed by atoms with Gasteiger partial charge in [0.2, 0.25) is 0 Å². The van der Waals surface area contributed by atoms with Gasteiger partial charge in [0.25, 0.3) is 0 Å². The summed E-state index contributed by atoms with van der Waals surface area (Å²) in [6.07, 6.45) is 1.27.